The SMILES string of the molecule is N=C(N)c1c(Cl)cccc1OCc1c(F)ccc(Br)c1F. The van der Waals surface area contributed by atoms with Crippen LogP contribution >= 0.6 is 27.5 Å². The van der Waals surface area contributed by atoms with Crippen molar-refractivity contribution < 1.29 is 13.5 Å². The van der Waals surface area contributed by atoms with E-state index >= 15 is 0 Å². The molecule has 0 aliphatic carbocycles. The van der Waals surface area contributed by atoms with Gasteiger partial charge in [-0.05, 0) is 40.2 Å². The van der Waals surface area contributed by atoms with Crippen molar-refractivity contribution in [1.82, 2.24) is 0 Å². The largest absolute Gasteiger partial charge is 0.488 e. The lowest BCUT2D eigenvalue weighted by Crippen LogP contribution is -2.14. The van der Waals surface area contributed by atoms with Crippen molar-refractivity contribution in [3.63, 3.8) is 0 Å². The number of hydrogen-bond acceptors (Lipinski definition) is 2. The highest BCUT2D eigenvalue weighted by Crippen LogP contribution is 2.28. The van der Waals surface area contributed by atoms with Crippen molar-refractivity contribution >= 4 is 33.4 Å². The number of hydrogen-bond donors (Lipinski definition) is 2. The Bertz CT molecular complexity index is 710. The summed E-state index contributed by atoms with van der Waals surface area (Å²) < 4.78 is 33.0. The molecule has 0 spiro atoms. The monoisotopic (exact) mass is 374 g/mol. The second kappa shape index (κ2) is 6.41. The zero-order chi connectivity index (χ0) is 15.6. The summed E-state index contributed by atoms with van der Waals surface area (Å²) in [6, 6.07) is 7.07. The van der Waals surface area contributed by atoms with E-state index in [2.05, 4.69) is 15.9 Å². The van der Waals surface area contributed by atoms with Crippen LogP contribution in [0.15, 0.2) is 34.8 Å². The van der Waals surface area contributed by atoms with Gasteiger partial charge in [-0.15, -0.1) is 0 Å². The van der Waals surface area contributed by atoms with Crippen LogP contribution in [-0.2, 0) is 6.61 Å². The molecule has 0 bridgehead atoms. The van der Waals surface area contributed by atoms with Gasteiger partial charge in [0.25, 0.3) is 0 Å². The van der Waals surface area contributed by atoms with Crippen LogP contribution in [0.5, 0.6) is 5.75 Å². The van der Waals surface area contributed by atoms with Crippen LogP contribution in [-0.4, -0.2) is 5.84 Å². The summed E-state index contributed by atoms with van der Waals surface area (Å²) in [4.78, 5) is 0. The third-order valence-electron chi connectivity index (χ3n) is 2.76. The van der Waals surface area contributed by atoms with Gasteiger partial charge in [-0.1, -0.05) is 17.7 Å². The van der Waals surface area contributed by atoms with Crippen LogP contribution < -0.4 is 10.5 Å². The number of rotatable bonds is 4. The van der Waals surface area contributed by atoms with E-state index in [1.165, 1.54) is 12.1 Å². The Morgan fingerprint density at radius 1 is 1.29 bits per heavy atom. The second-order valence-corrected chi connectivity index (χ2v) is 5.40. The van der Waals surface area contributed by atoms with Crippen molar-refractivity contribution in [2.24, 2.45) is 5.73 Å². The average Bonchev–Trinajstić information content (AvgIpc) is 2.42. The standard InChI is InChI=1S/C14H10BrClF2N2O/c15-8-4-5-10(17)7(13(8)18)6-21-11-3-1-2-9(16)12(11)14(19)20/h1-5H,6H2,(H3,19,20). The number of nitrogen functional groups attached to an aromatic ring is 1. The molecule has 0 aliphatic heterocycles. The fourth-order valence-corrected chi connectivity index (χ4v) is 2.38. The normalized spacial score (nSPS) is 10.5. The topological polar surface area (TPSA) is 59.1 Å². The molecule has 0 saturated heterocycles. The van der Waals surface area contributed by atoms with Gasteiger partial charge in [0.2, 0.25) is 0 Å². The minimum absolute atomic E-state index is 0.139. The molecule has 3 nitrogen and oxygen atoms in total. The summed E-state index contributed by atoms with van der Waals surface area (Å²) >= 11 is 8.92. The molecule has 0 aliphatic rings. The van der Waals surface area contributed by atoms with Gasteiger partial charge in [0.1, 0.15) is 29.8 Å². The molecule has 0 heterocycles. The fraction of sp³-hybridized carbons (Fsp3) is 0.0714. The molecule has 7 heteroatoms. The molecule has 2 rings (SSSR count). The zero-order valence-electron chi connectivity index (χ0n) is 10.6. The molecule has 0 radical (unpaired) electrons. The van der Waals surface area contributed by atoms with Gasteiger partial charge in [0, 0.05) is 0 Å². The summed E-state index contributed by atoms with van der Waals surface area (Å²) in [5.41, 5.74) is 5.40. The van der Waals surface area contributed by atoms with Gasteiger partial charge in [0.05, 0.1) is 20.6 Å². The molecule has 21 heavy (non-hydrogen) atoms. The maximum absolute atomic E-state index is 13.8. The molecule has 3 N–H and O–H groups in total. The van der Waals surface area contributed by atoms with Crippen molar-refractivity contribution in [3.8, 4) is 5.75 Å². The van der Waals surface area contributed by atoms with Crippen LogP contribution in [0, 0.1) is 17.0 Å². The molecule has 0 saturated carbocycles. The molecular formula is C14H10BrClF2N2O. The molecule has 0 aromatic heterocycles. The van der Waals surface area contributed by atoms with Crippen LogP contribution in [0.4, 0.5) is 8.78 Å². The number of amidine groups is 1. The summed E-state index contributed by atoms with van der Waals surface area (Å²) in [5.74, 6) is -1.55. The fourth-order valence-electron chi connectivity index (χ4n) is 1.74. The Balaban J connectivity index is 2.32. The predicted octanol–water partition coefficient (Wildman–Crippen LogP) is 4.24. The van der Waals surface area contributed by atoms with E-state index in [0.29, 0.717) is 0 Å². The van der Waals surface area contributed by atoms with Crippen LogP contribution in [0.1, 0.15) is 11.1 Å². The summed E-state index contributed by atoms with van der Waals surface area (Å²) in [6.07, 6.45) is 0. The molecule has 0 amide bonds. The van der Waals surface area contributed by atoms with Crippen LogP contribution in [0.25, 0.3) is 0 Å². The quantitative estimate of drug-likeness (QED) is 0.477. The van der Waals surface area contributed by atoms with E-state index in [4.69, 9.17) is 27.5 Å². The maximum Gasteiger partial charge on any atom is 0.146 e. The lowest BCUT2D eigenvalue weighted by Gasteiger charge is -2.13. The minimum atomic E-state index is -0.735. The maximum atomic E-state index is 13.8. The van der Waals surface area contributed by atoms with E-state index < -0.39 is 11.6 Å². The summed E-state index contributed by atoms with van der Waals surface area (Å²) in [6.45, 7) is -0.349. The molecular weight excluding hydrogens is 366 g/mol. The minimum Gasteiger partial charge on any atom is -0.488 e. The summed E-state index contributed by atoms with van der Waals surface area (Å²) in [5, 5.41) is 7.71. The van der Waals surface area contributed by atoms with Gasteiger partial charge < -0.3 is 10.5 Å². The molecule has 0 fully saturated rings. The molecule has 2 aromatic rings. The highest BCUT2D eigenvalue weighted by molar-refractivity contribution is 9.10. The highest BCUT2D eigenvalue weighted by Gasteiger charge is 2.16. The van der Waals surface area contributed by atoms with Crippen molar-refractivity contribution in [3.05, 3.63) is 62.6 Å². The first-order valence-corrected chi connectivity index (χ1v) is 6.97. The van der Waals surface area contributed by atoms with E-state index in [9.17, 15) is 8.78 Å². The molecule has 2 aromatic carbocycles. The van der Waals surface area contributed by atoms with Crippen LogP contribution in [0.2, 0.25) is 5.02 Å². The Hall–Kier alpha value is -1.66. The first-order chi connectivity index (χ1) is 9.91. The molecule has 0 atom stereocenters. The Morgan fingerprint density at radius 2 is 2.00 bits per heavy atom. The Kier molecular flexibility index (Phi) is 4.80. The number of benzene rings is 2. The smallest absolute Gasteiger partial charge is 0.146 e. The van der Waals surface area contributed by atoms with Crippen molar-refractivity contribution in [2.45, 2.75) is 6.61 Å². The third kappa shape index (κ3) is 3.33. The predicted molar refractivity (Wildman–Crippen MR) is 80.9 cm³/mol. The second-order valence-electron chi connectivity index (χ2n) is 4.14. The zero-order valence-corrected chi connectivity index (χ0v) is 12.9. The van der Waals surface area contributed by atoms with E-state index in [0.717, 1.165) is 6.07 Å². The highest BCUT2D eigenvalue weighted by atomic mass is 79.9. The van der Waals surface area contributed by atoms with Gasteiger partial charge in [-0.2, -0.15) is 0 Å². The first kappa shape index (κ1) is 15.7. The molecule has 110 valence electrons. The van der Waals surface area contributed by atoms with E-state index in [-0.39, 0.29) is 38.8 Å². The lowest BCUT2D eigenvalue weighted by atomic mass is 10.1. The van der Waals surface area contributed by atoms with Gasteiger partial charge >= 0.3 is 0 Å². The lowest BCUT2D eigenvalue weighted by molar-refractivity contribution is 0.291. The third-order valence-corrected chi connectivity index (χ3v) is 3.68. The number of ether oxygens (including phenoxy) is 1. The van der Waals surface area contributed by atoms with E-state index in [1.54, 1.807) is 12.1 Å². The van der Waals surface area contributed by atoms with Gasteiger partial charge in [-0.3, -0.25) is 5.41 Å². The number of halogens is 4. The van der Waals surface area contributed by atoms with E-state index in [1.807, 2.05) is 0 Å². The van der Waals surface area contributed by atoms with Crippen molar-refractivity contribution in [2.75, 3.05) is 0 Å². The van der Waals surface area contributed by atoms with Gasteiger partial charge in [-0.25, -0.2) is 8.78 Å². The average molecular weight is 376 g/mol. The Morgan fingerprint density at radius 3 is 2.67 bits per heavy atom. The Labute approximate surface area is 133 Å². The van der Waals surface area contributed by atoms with Gasteiger partial charge in [0.15, 0.2) is 0 Å². The molecule has 0 unspecified atom stereocenters. The number of nitrogens with one attached hydrogen (secondary N) is 1. The van der Waals surface area contributed by atoms with Crippen molar-refractivity contribution in [1.29, 1.82) is 5.41 Å². The summed E-state index contributed by atoms with van der Waals surface area (Å²) in [7, 11) is 0. The first-order valence-electron chi connectivity index (χ1n) is 5.80. The number of nitrogens with two attached hydrogens (primary N) is 1. The van der Waals surface area contributed by atoms with Crippen LogP contribution in [0.3, 0.4) is 0 Å².